The van der Waals surface area contributed by atoms with Gasteiger partial charge in [0.25, 0.3) is 5.91 Å². The number of rotatable bonds is 8. The monoisotopic (exact) mass is 382 g/mol. The summed E-state index contributed by atoms with van der Waals surface area (Å²) in [4.78, 5) is 24.1. The van der Waals surface area contributed by atoms with Crippen molar-refractivity contribution in [3.05, 3.63) is 52.4 Å². The average Bonchev–Trinajstić information content (AvgIpc) is 3.08. The molecule has 0 aliphatic carbocycles. The molecule has 2 rings (SSSR count). The van der Waals surface area contributed by atoms with Crippen LogP contribution in [0.25, 0.3) is 0 Å². The smallest absolute Gasteiger partial charge is 0.336 e. The lowest BCUT2D eigenvalue weighted by molar-refractivity contribution is 0.0691. The molecule has 0 aliphatic heterocycles. The summed E-state index contributed by atoms with van der Waals surface area (Å²) in [5.41, 5.74) is -0.0741. The molecule has 0 fully saturated rings. The summed E-state index contributed by atoms with van der Waals surface area (Å²) in [5, 5.41) is 11.6. The SMILES string of the molecule is CCc1ccc(S(=O)(=O)NCCNC(=O)c2ccccc2C(=O)O)s1. The molecule has 0 aliphatic rings. The molecule has 0 saturated heterocycles. The summed E-state index contributed by atoms with van der Waals surface area (Å²) >= 11 is 1.20. The van der Waals surface area contributed by atoms with Gasteiger partial charge in [0.05, 0.1) is 11.1 Å². The molecule has 1 aromatic carbocycles. The van der Waals surface area contributed by atoms with Crippen molar-refractivity contribution in [2.24, 2.45) is 0 Å². The third kappa shape index (κ3) is 4.88. The third-order valence-electron chi connectivity index (χ3n) is 3.36. The van der Waals surface area contributed by atoms with E-state index < -0.39 is 21.9 Å². The van der Waals surface area contributed by atoms with Crippen LogP contribution in [0.15, 0.2) is 40.6 Å². The number of carboxylic acids is 1. The second-order valence-electron chi connectivity index (χ2n) is 5.08. The maximum absolute atomic E-state index is 12.1. The van der Waals surface area contributed by atoms with Crippen LogP contribution in [0, 0.1) is 0 Å². The quantitative estimate of drug-likeness (QED) is 0.602. The molecule has 1 heterocycles. The molecule has 2 aromatic rings. The standard InChI is InChI=1S/C16H18N2O5S2/c1-2-11-7-8-14(24-11)25(22,23)18-10-9-17-15(19)12-5-3-4-6-13(12)16(20)21/h3-8,18H,2,9-10H2,1H3,(H,17,19)(H,20,21). The topological polar surface area (TPSA) is 113 Å². The summed E-state index contributed by atoms with van der Waals surface area (Å²) < 4.78 is 26.9. The maximum atomic E-state index is 12.1. The molecule has 1 amide bonds. The number of hydrogen-bond donors (Lipinski definition) is 3. The van der Waals surface area contributed by atoms with Gasteiger partial charge >= 0.3 is 5.97 Å². The zero-order valence-electron chi connectivity index (χ0n) is 13.5. The number of carbonyl (C=O) groups is 2. The van der Waals surface area contributed by atoms with Gasteiger partial charge in [0.2, 0.25) is 10.0 Å². The van der Waals surface area contributed by atoms with E-state index in [2.05, 4.69) is 10.0 Å². The number of sulfonamides is 1. The van der Waals surface area contributed by atoms with Crippen LogP contribution in [0.2, 0.25) is 0 Å². The van der Waals surface area contributed by atoms with E-state index in [1.165, 1.54) is 29.5 Å². The number of benzene rings is 1. The number of carbonyl (C=O) groups excluding carboxylic acids is 1. The summed E-state index contributed by atoms with van der Waals surface area (Å²) in [5.74, 6) is -1.77. The minimum absolute atomic E-state index is 0.00265. The van der Waals surface area contributed by atoms with Crippen LogP contribution in [0.5, 0.6) is 0 Å². The van der Waals surface area contributed by atoms with Gasteiger partial charge in [0.1, 0.15) is 4.21 Å². The number of amides is 1. The summed E-state index contributed by atoms with van der Waals surface area (Å²) in [6.45, 7) is 1.99. The van der Waals surface area contributed by atoms with Crippen LogP contribution in [0.3, 0.4) is 0 Å². The van der Waals surface area contributed by atoms with Crippen molar-refractivity contribution in [2.75, 3.05) is 13.1 Å². The minimum Gasteiger partial charge on any atom is -0.478 e. The average molecular weight is 382 g/mol. The molecular formula is C16H18N2O5S2. The Balaban J connectivity index is 1.91. The number of thiophene rings is 1. The predicted molar refractivity (Wildman–Crippen MR) is 94.6 cm³/mol. The highest BCUT2D eigenvalue weighted by Gasteiger charge is 2.17. The Hall–Kier alpha value is -2.23. The Labute approximate surface area is 149 Å². The molecule has 0 atom stereocenters. The lowest BCUT2D eigenvalue weighted by Gasteiger charge is -2.08. The van der Waals surface area contributed by atoms with E-state index in [1.807, 2.05) is 6.92 Å². The minimum atomic E-state index is -3.61. The van der Waals surface area contributed by atoms with E-state index in [0.29, 0.717) is 0 Å². The Morgan fingerprint density at radius 2 is 1.76 bits per heavy atom. The van der Waals surface area contributed by atoms with Gasteiger partial charge in [0, 0.05) is 18.0 Å². The fraction of sp³-hybridized carbons (Fsp3) is 0.250. The second-order valence-corrected chi connectivity index (χ2v) is 8.24. The highest BCUT2D eigenvalue weighted by atomic mass is 32.2. The first kappa shape index (κ1) is 19.1. The van der Waals surface area contributed by atoms with Crippen LogP contribution in [-0.4, -0.2) is 38.5 Å². The number of hydrogen-bond acceptors (Lipinski definition) is 5. The molecule has 0 unspecified atom stereocenters. The van der Waals surface area contributed by atoms with Gasteiger partial charge in [-0.2, -0.15) is 0 Å². The van der Waals surface area contributed by atoms with E-state index in [9.17, 15) is 18.0 Å². The van der Waals surface area contributed by atoms with Gasteiger partial charge in [-0.3, -0.25) is 4.79 Å². The first-order valence-electron chi connectivity index (χ1n) is 7.54. The molecule has 9 heteroatoms. The van der Waals surface area contributed by atoms with Gasteiger partial charge in [-0.05, 0) is 30.7 Å². The van der Waals surface area contributed by atoms with Crippen molar-refractivity contribution in [2.45, 2.75) is 17.6 Å². The van der Waals surface area contributed by atoms with Crippen LogP contribution < -0.4 is 10.0 Å². The van der Waals surface area contributed by atoms with E-state index in [4.69, 9.17) is 5.11 Å². The van der Waals surface area contributed by atoms with Gasteiger partial charge in [-0.1, -0.05) is 19.1 Å². The molecule has 1 aromatic heterocycles. The largest absolute Gasteiger partial charge is 0.478 e. The first-order valence-corrected chi connectivity index (χ1v) is 9.84. The van der Waals surface area contributed by atoms with Crippen molar-refractivity contribution in [1.82, 2.24) is 10.0 Å². The molecule has 25 heavy (non-hydrogen) atoms. The van der Waals surface area contributed by atoms with Crippen molar-refractivity contribution in [1.29, 1.82) is 0 Å². The Bertz CT molecular complexity index is 874. The molecule has 0 spiro atoms. The molecule has 0 radical (unpaired) electrons. The summed E-state index contributed by atoms with van der Waals surface area (Å²) in [6, 6.07) is 9.15. The zero-order valence-corrected chi connectivity index (χ0v) is 15.1. The Morgan fingerprint density at radius 3 is 2.36 bits per heavy atom. The van der Waals surface area contributed by atoms with Crippen molar-refractivity contribution >= 4 is 33.2 Å². The van der Waals surface area contributed by atoms with Crippen LogP contribution in [0.4, 0.5) is 0 Å². The summed E-state index contributed by atoms with van der Waals surface area (Å²) in [7, 11) is -3.61. The van der Waals surface area contributed by atoms with E-state index in [-0.39, 0.29) is 28.4 Å². The highest BCUT2D eigenvalue weighted by Crippen LogP contribution is 2.21. The van der Waals surface area contributed by atoms with E-state index >= 15 is 0 Å². The van der Waals surface area contributed by atoms with Crippen LogP contribution >= 0.6 is 11.3 Å². The maximum Gasteiger partial charge on any atom is 0.336 e. The normalized spacial score (nSPS) is 11.2. The lowest BCUT2D eigenvalue weighted by atomic mass is 10.1. The van der Waals surface area contributed by atoms with Crippen molar-refractivity contribution in [3.63, 3.8) is 0 Å². The molecule has 134 valence electrons. The summed E-state index contributed by atoms with van der Waals surface area (Å²) in [6.07, 6.45) is 0.763. The fourth-order valence-electron chi connectivity index (χ4n) is 2.09. The second kappa shape index (κ2) is 8.24. The van der Waals surface area contributed by atoms with Crippen molar-refractivity contribution < 1.29 is 23.1 Å². The van der Waals surface area contributed by atoms with Gasteiger partial charge in [-0.25, -0.2) is 17.9 Å². The number of nitrogens with one attached hydrogen (secondary N) is 2. The van der Waals surface area contributed by atoms with E-state index in [1.54, 1.807) is 18.2 Å². The molecule has 7 nitrogen and oxygen atoms in total. The van der Waals surface area contributed by atoms with Crippen molar-refractivity contribution in [3.8, 4) is 0 Å². The van der Waals surface area contributed by atoms with Crippen LogP contribution in [0.1, 0.15) is 32.5 Å². The fourth-order valence-corrected chi connectivity index (χ4v) is 4.46. The molecule has 0 saturated carbocycles. The van der Waals surface area contributed by atoms with Gasteiger partial charge in [0.15, 0.2) is 0 Å². The number of carboxylic acid groups (broad SMARTS) is 1. The number of aryl methyl sites for hydroxylation is 1. The highest BCUT2D eigenvalue weighted by molar-refractivity contribution is 7.91. The number of aromatic carboxylic acids is 1. The molecular weight excluding hydrogens is 364 g/mol. The molecule has 3 N–H and O–H groups in total. The van der Waals surface area contributed by atoms with E-state index in [0.717, 1.165) is 11.3 Å². The van der Waals surface area contributed by atoms with Crippen LogP contribution in [-0.2, 0) is 16.4 Å². The Morgan fingerprint density at radius 1 is 1.08 bits per heavy atom. The van der Waals surface area contributed by atoms with Gasteiger partial charge < -0.3 is 10.4 Å². The lowest BCUT2D eigenvalue weighted by Crippen LogP contribution is -2.35. The van der Waals surface area contributed by atoms with Gasteiger partial charge in [-0.15, -0.1) is 11.3 Å². The predicted octanol–water partition coefficient (Wildman–Crippen LogP) is 1.72. The third-order valence-corrected chi connectivity index (χ3v) is 6.54. The molecule has 0 bridgehead atoms. The first-order chi connectivity index (χ1) is 11.8. The Kier molecular flexibility index (Phi) is 6.29. The zero-order chi connectivity index (χ0) is 18.4.